The lowest BCUT2D eigenvalue weighted by atomic mass is 9.69. The first-order valence-corrected chi connectivity index (χ1v) is 44.9. The minimum atomic E-state index is -1.93. The highest BCUT2D eigenvalue weighted by atomic mass is 32.2. The number of phenolic OH excluding ortho intramolecular Hbond substituents is 1. The third-order valence-electron chi connectivity index (χ3n) is 22.6. The fraction of sp³-hybridized carbons (Fsp3) is 0.540. The van der Waals surface area contributed by atoms with E-state index in [1.807, 2.05) is 0 Å². The van der Waals surface area contributed by atoms with Gasteiger partial charge in [-0.05, 0) is 158 Å². The number of guanidine groups is 1. The number of benzene rings is 3. The average Bonchev–Trinajstić information content (AvgIpc) is 0.817. The van der Waals surface area contributed by atoms with E-state index in [4.69, 9.17) is 22.6 Å². The quantitative estimate of drug-likeness (QED) is 0.0101. The number of aromatic amines is 2. The molecule has 4 heterocycles. The van der Waals surface area contributed by atoms with Gasteiger partial charge in [-0.25, -0.2) is 4.98 Å². The van der Waals surface area contributed by atoms with Gasteiger partial charge in [0.25, 0.3) is 0 Å². The van der Waals surface area contributed by atoms with Gasteiger partial charge < -0.3 is 127 Å². The smallest absolute Gasteiger partial charge is 0.303 e. The average molecular weight is 1860 g/mol. The van der Waals surface area contributed by atoms with Crippen LogP contribution in [-0.2, 0) is 108 Å². The number of hydrogen-bond donors (Lipinski definition) is 24. The van der Waals surface area contributed by atoms with Crippen molar-refractivity contribution < 1.29 is 102 Å². The maximum Gasteiger partial charge on any atom is 0.303 e. The second-order valence-corrected chi connectivity index (χ2v) is 35.4. The van der Waals surface area contributed by atoms with Crippen LogP contribution in [0.25, 0.3) is 10.9 Å². The zero-order valence-electron chi connectivity index (χ0n) is 75.2. The van der Waals surface area contributed by atoms with E-state index in [-0.39, 0.29) is 101 Å². The Morgan fingerprint density at radius 1 is 0.583 bits per heavy atom. The molecule has 0 aliphatic carbocycles. The Bertz CT molecular complexity index is 4810. The summed E-state index contributed by atoms with van der Waals surface area (Å²) in [6, 6.07) is 1.98. The Morgan fingerprint density at radius 3 is 1.62 bits per heavy atom. The topological polar surface area (TPSA) is 695 Å². The molecule has 7 rings (SSSR count). The van der Waals surface area contributed by atoms with Crippen LogP contribution in [0.2, 0.25) is 0 Å². The molecule has 0 spiro atoms. The van der Waals surface area contributed by atoms with Gasteiger partial charge >= 0.3 is 5.97 Å². The number of thioether (sulfide) groups is 1. The molecule has 132 heavy (non-hydrogen) atoms. The molecule has 12 atom stereocenters. The zero-order valence-corrected chi connectivity index (χ0v) is 76.0. The molecule has 1 radical (unpaired) electrons. The zero-order chi connectivity index (χ0) is 97.3. The number of aromatic hydroxyl groups is 1. The van der Waals surface area contributed by atoms with Gasteiger partial charge in [0.1, 0.15) is 83.8 Å². The number of aliphatic carboxylic acids is 1. The van der Waals surface area contributed by atoms with E-state index >= 15 is 14.4 Å². The monoisotopic (exact) mass is 1860 g/mol. The number of carboxylic acid groups (broad SMARTS) is 1. The van der Waals surface area contributed by atoms with E-state index in [2.05, 4.69) is 89.4 Å². The number of hydroxylamine groups is 2. The number of aliphatic hydroxyl groups is 2. The van der Waals surface area contributed by atoms with E-state index < -0.39 is 235 Å². The molecule has 27 N–H and O–H groups in total. The Kier molecular flexibility index (Phi) is 40.6. The number of phenols is 1. The van der Waals surface area contributed by atoms with Crippen LogP contribution >= 0.6 is 11.8 Å². The van der Waals surface area contributed by atoms with Crippen LogP contribution in [0, 0.1) is 11.3 Å². The van der Waals surface area contributed by atoms with Crippen molar-refractivity contribution in [3.63, 3.8) is 0 Å². The summed E-state index contributed by atoms with van der Waals surface area (Å²) in [6.45, 7) is 8.21. The third-order valence-corrected chi connectivity index (χ3v) is 23.2. The number of rotatable bonds is 52. The molecule has 3 aromatic carbocycles. The standard InChI is InChI=1S/C87H126N23O21S/c1-48(2)70(71(89)118)107-81(128)67-24-17-34-109(67)82(129)60(22-14-15-32-88)97-68(115)42-95-72(119)63(38-52-40-94-56-21-13-12-20-55(52)56)103-73(120)57(23-16-33-93-84(90)91)98-76(123)61(36-50-18-10-9-11-19-50)101-78(125)64(39-53-41-92-47-96-53)104-74(121)58(29-30-69(116)117)99-75(122)59(31-35-132-8)100-79(126)65(43-111)105-77(124)62(37-51-25-27-54(114)28-26-51)102-80(127)66(44-112)106-83(130)87(108-49(3)113)45-85(4,5)110(131)86(6,7)46-87/h9-13,18-21,25-28,40-41,47-48,57-67,70,94,111-112,114H,14-17,22-24,29-39,42-46,88H2,1-8H3,(H2,89,118)(H,92,96)(H,95,119)(H,97,115)(H,98,123)(H,99,122)(H,100,126)(H,101,125)(H,102,127)(H,103,120)(H,104,121)(H,105,124)(H,106,130)(H,107,128)(H,108,113)(H,116,117)(H4,90,91,93)/t57-,58-,59-,60-,61-,62-,63-,64-,65-,66-,67-,70-/m0/s1. The van der Waals surface area contributed by atoms with Crippen molar-refractivity contribution in [3.05, 3.63) is 120 Å². The summed E-state index contributed by atoms with van der Waals surface area (Å²) in [5.41, 5.74) is 14.9. The number of nitrogens with zero attached hydrogens (tertiary/aromatic N) is 3. The first-order chi connectivity index (χ1) is 62.5. The molecule has 2 fully saturated rings. The summed E-state index contributed by atoms with van der Waals surface area (Å²) in [5, 5.41) is 100. The lowest BCUT2D eigenvalue weighted by Gasteiger charge is -2.54. The Balaban J connectivity index is 1.11. The molecular formula is C87H126N23O21S. The number of carbonyl (C=O) groups is 16. The number of para-hydroxylation sites is 1. The first-order valence-electron chi connectivity index (χ1n) is 43.5. The van der Waals surface area contributed by atoms with Crippen LogP contribution in [0.4, 0.5) is 0 Å². The first kappa shape index (κ1) is 106. The minimum Gasteiger partial charge on any atom is -0.508 e. The van der Waals surface area contributed by atoms with E-state index in [1.165, 1.54) is 53.5 Å². The number of amides is 15. The fourth-order valence-corrected chi connectivity index (χ4v) is 16.6. The van der Waals surface area contributed by atoms with Crippen LogP contribution < -0.4 is 91.6 Å². The molecule has 15 amide bonds. The number of piperidine rings is 1. The molecule has 0 saturated carbocycles. The number of carbonyl (C=O) groups excluding carboxylic acids is 15. The number of aromatic nitrogens is 3. The van der Waals surface area contributed by atoms with Gasteiger partial charge in [-0.3, -0.25) is 82.1 Å². The number of fused-ring (bicyclic) bond motifs is 1. The number of H-pyrrole nitrogens is 2. The molecule has 2 aromatic heterocycles. The summed E-state index contributed by atoms with van der Waals surface area (Å²) in [4.78, 5) is 238. The maximum atomic E-state index is 15.3. The molecule has 2 saturated heterocycles. The predicted molar refractivity (Wildman–Crippen MR) is 482 cm³/mol. The van der Waals surface area contributed by atoms with E-state index in [9.17, 15) is 88.0 Å². The van der Waals surface area contributed by atoms with E-state index in [1.54, 1.807) is 109 Å². The normalized spacial score (nSPS) is 16.9. The number of carboxylic acids is 1. The van der Waals surface area contributed by atoms with Crippen LogP contribution in [0.15, 0.2) is 97.6 Å². The van der Waals surface area contributed by atoms with Crippen molar-refractivity contribution in [2.24, 2.45) is 23.1 Å². The molecule has 2 aliphatic rings. The summed E-state index contributed by atoms with van der Waals surface area (Å²) < 4.78 is 0. The summed E-state index contributed by atoms with van der Waals surface area (Å²) in [7, 11) is 0. The van der Waals surface area contributed by atoms with Gasteiger partial charge in [0.2, 0.25) is 88.6 Å². The van der Waals surface area contributed by atoms with Crippen LogP contribution in [0.5, 0.6) is 5.75 Å². The minimum absolute atomic E-state index is 0.0190. The van der Waals surface area contributed by atoms with Gasteiger partial charge in [0.05, 0.1) is 26.1 Å². The highest BCUT2D eigenvalue weighted by molar-refractivity contribution is 7.98. The summed E-state index contributed by atoms with van der Waals surface area (Å²) in [6.07, 6.45) is 3.78. The van der Waals surface area contributed by atoms with Crippen molar-refractivity contribution in [2.45, 2.75) is 240 Å². The Labute approximate surface area is 767 Å². The number of likely N-dealkylation sites (tertiary alicyclic amines) is 1. The lowest BCUT2D eigenvalue weighted by molar-refractivity contribution is -0.295. The van der Waals surface area contributed by atoms with Gasteiger partial charge in [-0.15, -0.1) is 10.3 Å². The number of unbranched alkanes of at least 4 members (excludes halogenated alkanes) is 1. The maximum absolute atomic E-state index is 15.3. The van der Waals surface area contributed by atoms with Crippen molar-refractivity contribution in [1.82, 2.24) is 99.4 Å². The Morgan fingerprint density at radius 2 is 1.09 bits per heavy atom. The second kappa shape index (κ2) is 50.5. The van der Waals surface area contributed by atoms with Gasteiger partial charge in [0.15, 0.2) is 5.96 Å². The number of hydrogen-bond acceptors (Lipinski definition) is 24. The van der Waals surface area contributed by atoms with E-state index in [0.29, 0.717) is 46.9 Å². The van der Waals surface area contributed by atoms with Crippen molar-refractivity contribution >= 4 is 123 Å². The second-order valence-electron chi connectivity index (χ2n) is 34.5. The van der Waals surface area contributed by atoms with Gasteiger partial charge in [0, 0.05) is 92.2 Å². The van der Waals surface area contributed by atoms with Crippen molar-refractivity contribution in [3.8, 4) is 5.75 Å². The number of nitrogens with one attached hydrogen (secondary N) is 17. The largest absolute Gasteiger partial charge is 0.508 e. The molecule has 0 unspecified atom stereocenters. The SMILES string of the molecule is CSCC[C@H](NC(=O)[C@H](CO)NC(=O)[C@H](Cc1ccc(O)cc1)NC(=O)[C@H](CO)NC(=O)C1(NC(C)=O)CC(C)(C)N([O])C(C)(C)C1)C(=O)N[C@@H](CCC(=O)O)C(=O)N[C@@H](Cc1cnc[nH]1)C(=O)N[C@@H](Cc1ccccc1)C(=O)N[C@@H](CCCNC(=N)N)C(=O)N[C@@H](Cc1c[nH]c2ccccc12)C(=O)NCC(=O)N[C@@H](CCCCN)C(=O)N1CCC[C@H]1C(=O)N[C@H](C(N)=O)C(C)C. The summed E-state index contributed by atoms with van der Waals surface area (Å²) in [5.74, 6) is -16.4. The highest BCUT2D eigenvalue weighted by Gasteiger charge is 2.58. The fourth-order valence-electron chi connectivity index (χ4n) is 16.1. The van der Waals surface area contributed by atoms with Crippen LogP contribution in [0.3, 0.4) is 0 Å². The number of aliphatic hydroxyl groups excluding tert-OH is 2. The molecule has 721 valence electrons. The van der Waals surface area contributed by atoms with E-state index in [0.717, 1.165) is 12.0 Å². The summed E-state index contributed by atoms with van der Waals surface area (Å²) >= 11 is 1.21. The van der Waals surface area contributed by atoms with Crippen LogP contribution in [0.1, 0.15) is 148 Å². The number of primary amides is 1. The van der Waals surface area contributed by atoms with Crippen molar-refractivity contribution in [1.29, 1.82) is 5.41 Å². The highest BCUT2D eigenvalue weighted by Crippen LogP contribution is 2.43. The molecule has 44 nitrogen and oxygen atoms in total. The third kappa shape index (κ3) is 31.7. The number of nitrogens with two attached hydrogens (primary N) is 3. The van der Waals surface area contributed by atoms with Crippen molar-refractivity contribution in [2.75, 3.05) is 51.4 Å². The van der Waals surface area contributed by atoms with Gasteiger partial charge in [-0.1, -0.05) is 74.5 Å². The number of imidazole rings is 1. The predicted octanol–water partition coefficient (Wildman–Crippen LogP) is -3.68. The molecule has 2 aliphatic heterocycles. The van der Waals surface area contributed by atoms with Crippen LogP contribution in [-0.4, -0.2) is 286 Å². The molecule has 5 aromatic rings. The molecule has 0 bridgehead atoms. The Hall–Kier alpha value is -12.9. The van der Waals surface area contributed by atoms with Gasteiger partial charge in [-0.2, -0.15) is 11.8 Å². The lowest BCUT2D eigenvalue weighted by Crippen LogP contribution is -2.73. The molecule has 45 heteroatoms. The molecular weight excluding hydrogens is 1740 g/mol.